The van der Waals surface area contributed by atoms with Crippen molar-refractivity contribution in [2.75, 3.05) is 19.0 Å². The number of anilines is 1. The summed E-state index contributed by atoms with van der Waals surface area (Å²) < 4.78 is 11.0. The van der Waals surface area contributed by atoms with Gasteiger partial charge in [-0.1, -0.05) is 11.6 Å². The van der Waals surface area contributed by atoms with E-state index in [1.54, 1.807) is 6.07 Å². The van der Waals surface area contributed by atoms with Crippen molar-refractivity contribution in [3.8, 4) is 0 Å². The standard InChI is InChI=1S/C9H14NO2P/c1-7-4-5-8(10(2)3)9(6-7)13(11)12/h4-6,13H,1-3H3,(H,11,12). The van der Waals surface area contributed by atoms with Gasteiger partial charge in [0, 0.05) is 19.8 Å². The molecule has 1 aromatic rings. The summed E-state index contributed by atoms with van der Waals surface area (Å²) in [6, 6.07) is 5.56. The molecule has 0 aromatic heterocycles. The van der Waals surface area contributed by atoms with Gasteiger partial charge in [0.15, 0.2) is 0 Å². The molecule has 0 heterocycles. The van der Waals surface area contributed by atoms with E-state index in [1.807, 2.05) is 38.1 Å². The van der Waals surface area contributed by atoms with Gasteiger partial charge in [0.2, 0.25) is 8.03 Å². The molecule has 0 bridgehead atoms. The molecule has 1 rings (SSSR count). The van der Waals surface area contributed by atoms with Crippen molar-refractivity contribution in [2.24, 2.45) is 0 Å². The number of nitrogens with zero attached hydrogens (tertiary/aromatic N) is 1. The first-order valence-corrected chi connectivity index (χ1v) is 5.39. The summed E-state index contributed by atoms with van der Waals surface area (Å²) in [5.74, 6) is 0. The van der Waals surface area contributed by atoms with Crippen molar-refractivity contribution in [1.29, 1.82) is 0 Å². The Morgan fingerprint density at radius 2 is 2.00 bits per heavy atom. The molecule has 72 valence electrons. The summed E-state index contributed by atoms with van der Waals surface area (Å²) in [5, 5.41) is 0.537. The lowest BCUT2D eigenvalue weighted by atomic mass is 10.2. The molecule has 1 aromatic carbocycles. The van der Waals surface area contributed by atoms with E-state index in [0.29, 0.717) is 5.30 Å². The monoisotopic (exact) mass is 199 g/mol. The second-order valence-electron chi connectivity index (χ2n) is 3.22. The lowest BCUT2D eigenvalue weighted by Crippen LogP contribution is -2.16. The smallest absolute Gasteiger partial charge is 0.220 e. The molecule has 0 spiro atoms. The van der Waals surface area contributed by atoms with E-state index in [2.05, 4.69) is 0 Å². The van der Waals surface area contributed by atoms with Crippen molar-refractivity contribution in [1.82, 2.24) is 0 Å². The van der Waals surface area contributed by atoms with Crippen LogP contribution in [0.5, 0.6) is 0 Å². The Bertz CT molecular complexity index is 336. The van der Waals surface area contributed by atoms with E-state index < -0.39 is 8.03 Å². The summed E-state index contributed by atoms with van der Waals surface area (Å²) in [7, 11) is 1.12. The highest BCUT2D eigenvalue weighted by molar-refractivity contribution is 7.47. The second kappa shape index (κ2) is 3.95. The van der Waals surface area contributed by atoms with E-state index in [1.165, 1.54) is 0 Å². The Hall–Kier alpha value is -0.790. The van der Waals surface area contributed by atoms with Gasteiger partial charge in [-0.3, -0.25) is 4.57 Å². The van der Waals surface area contributed by atoms with Crippen LogP contribution >= 0.6 is 8.03 Å². The summed E-state index contributed by atoms with van der Waals surface area (Å²) in [5.41, 5.74) is 1.82. The second-order valence-corrected chi connectivity index (χ2v) is 4.37. The first-order valence-electron chi connectivity index (χ1n) is 4.03. The molecular formula is C9H14NO2P. The lowest BCUT2D eigenvalue weighted by molar-refractivity contribution is 0.513. The zero-order chi connectivity index (χ0) is 10.0. The van der Waals surface area contributed by atoms with E-state index >= 15 is 0 Å². The van der Waals surface area contributed by atoms with Crippen LogP contribution in [0.1, 0.15) is 5.56 Å². The van der Waals surface area contributed by atoms with Gasteiger partial charge in [-0.2, -0.15) is 0 Å². The molecule has 1 unspecified atom stereocenters. The summed E-state index contributed by atoms with van der Waals surface area (Å²) in [6.07, 6.45) is 0. The number of hydrogen-bond donors (Lipinski definition) is 1. The molecule has 0 amide bonds. The maximum absolute atomic E-state index is 11.0. The minimum absolute atomic E-state index is 0.537. The average molecular weight is 199 g/mol. The third-order valence-electron chi connectivity index (χ3n) is 1.86. The molecule has 0 saturated carbocycles. The van der Waals surface area contributed by atoms with Gasteiger partial charge < -0.3 is 9.79 Å². The number of rotatable bonds is 2. The topological polar surface area (TPSA) is 40.5 Å². The fourth-order valence-electron chi connectivity index (χ4n) is 1.21. The van der Waals surface area contributed by atoms with Crippen LogP contribution in [-0.2, 0) is 4.57 Å². The summed E-state index contributed by atoms with van der Waals surface area (Å²) in [4.78, 5) is 10.9. The van der Waals surface area contributed by atoms with Crippen molar-refractivity contribution < 1.29 is 9.46 Å². The highest BCUT2D eigenvalue weighted by Gasteiger charge is 2.08. The van der Waals surface area contributed by atoms with Gasteiger partial charge in [0.25, 0.3) is 0 Å². The predicted octanol–water partition coefficient (Wildman–Crippen LogP) is 1.15. The number of hydrogen-bond acceptors (Lipinski definition) is 2. The zero-order valence-electron chi connectivity index (χ0n) is 8.03. The van der Waals surface area contributed by atoms with E-state index in [9.17, 15) is 4.57 Å². The molecular weight excluding hydrogens is 185 g/mol. The molecule has 1 N–H and O–H groups in total. The molecule has 0 saturated heterocycles. The molecule has 1 atom stereocenters. The third-order valence-corrected chi connectivity index (χ3v) is 2.73. The Morgan fingerprint density at radius 1 is 1.38 bits per heavy atom. The largest absolute Gasteiger partial charge is 0.377 e. The summed E-state index contributed by atoms with van der Waals surface area (Å²) in [6.45, 7) is 1.91. The van der Waals surface area contributed by atoms with Crippen molar-refractivity contribution in [3.63, 3.8) is 0 Å². The molecule has 0 radical (unpaired) electrons. The molecule has 13 heavy (non-hydrogen) atoms. The van der Waals surface area contributed by atoms with E-state index in [4.69, 9.17) is 4.89 Å². The molecule has 0 fully saturated rings. The SMILES string of the molecule is Cc1ccc(N(C)C)c([PH](=O)O)c1. The van der Waals surface area contributed by atoms with Crippen molar-refractivity contribution >= 4 is 19.0 Å². The van der Waals surface area contributed by atoms with Gasteiger partial charge in [-0.05, 0) is 19.1 Å². The first kappa shape index (κ1) is 10.3. The van der Waals surface area contributed by atoms with Crippen LogP contribution in [0, 0.1) is 6.92 Å². The van der Waals surface area contributed by atoms with Crippen molar-refractivity contribution in [3.05, 3.63) is 23.8 Å². The van der Waals surface area contributed by atoms with Crippen LogP contribution in [0.3, 0.4) is 0 Å². The highest BCUT2D eigenvalue weighted by atomic mass is 31.1. The predicted molar refractivity (Wildman–Crippen MR) is 56.4 cm³/mol. The van der Waals surface area contributed by atoms with E-state index in [-0.39, 0.29) is 0 Å². The van der Waals surface area contributed by atoms with Crippen LogP contribution in [0.15, 0.2) is 18.2 Å². The molecule has 0 aliphatic rings. The minimum atomic E-state index is -2.60. The Labute approximate surface area is 78.9 Å². The molecule has 0 aliphatic heterocycles. The zero-order valence-corrected chi connectivity index (χ0v) is 9.03. The van der Waals surface area contributed by atoms with Gasteiger partial charge in [-0.15, -0.1) is 0 Å². The molecule has 4 heteroatoms. The van der Waals surface area contributed by atoms with Gasteiger partial charge in [0.1, 0.15) is 0 Å². The minimum Gasteiger partial charge on any atom is -0.377 e. The quantitative estimate of drug-likeness (QED) is 0.726. The fourth-order valence-corrected chi connectivity index (χ4v) is 2.09. The van der Waals surface area contributed by atoms with Crippen LogP contribution in [0.2, 0.25) is 0 Å². The Kier molecular flexibility index (Phi) is 3.12. The lowest BCUT2D eigenvalue weighted by Gasteiger charge is -2.16. The number of aryl methyl sites for hydroxylation is 1. The van der Waals surface area contributed by atoms with Crippen LogP contribution in [0.25, 0.3) is 0 Å². The maximum atomic E-state index is 11.0. The van der Waals surface area contributed by atoms with Crippen LogP contribution < -0.4 is 10.2 Å². The molecule has 0 aliphatic carbocycles. The Morgan fingerprint density at radius 3 is 2.46 bits per heavy atom. The fraction of sp³-hybridized carbons (Fsp3) is 0.333. The van der Waals surface area contributed by atoms with E-state index in [0.717, 1.165) is 11.3 Å². The first-order chi connectivity index (χ1) is 6.02. The van der Waals surface area contributed by atoms with Gasteiger partial charge in [-0.25, -0.2) is 0 Å². The third kappa shape index (κ3) is 2.33. The highest BCUT2D eigenvalue weighted by Crippen LogP contribution is 2.22. The Balaban J connectivity index is 3.27. The molecule has 3 nitrogen and oxygen atoms in total. The average Bonchev–Trinajstić information content (AvgIpc) is 2.03. The van der Waals surface area contributed by atoms with Crippen LogP contribution in [0.4, 0.5) is 5.69 Å². The number of benzene rings is 1. The van der Waals surface area contributed by atoms with Gasteiger partial charge in [0.05, 0.1) is 5.30 Å². The normalized spacial score (nSPS) is 12.6. The van der Waals surface area contributed by atoms with Gasteiger partial charge >= 0.3 is 0 Å². The summed E-state index contributed by atoms with van der Waals surface area (Å²) >= 11 is 0. The van der Waals surface area contributed by atoms with Crippen molar-refractivity contribution in [2.45, 2.75) is 6.92 Å². The maximum Gasteiger partial charge on any atom is 0.220 e. The van der Waals surface area contributed by atoms with Crippen LogP contribution in [-0.4, -0.2) is 19.0 Å².